The van der Waals surface area contributed by atoms with Gasteiger partial charge in [-0.05, 0) is 0 Å². The molecule has 0 saturated heterocycles. The van der Waals surface area contributed by atoms with Crippen LogP contribution < -0.4 is 0 Å². The first kappa shape index (κ1) is 31.4. The number of hydrogen-bond acceptors (Lipinski definition) is 2. The molecule has 0 aliphatic heterocycles. The Morgan fingerprint density at radius 2 is 1.00 bits per heavy atom. The fourth-order valence-electron chi connectivity index (χ4n) is 0. The van der Waals surface area contributed by atoms with Gasteiger partial charge in [0.2, 0.25) is 0 Å². The first-order valence-corrected chi connectivity index (χ1v) is 0.988. The molecule has 0 bridgehead atoms. The Bertz CT molecular complexity index is 35.9. The van der Waals surface area contributed by atoms with E-state index in [0.717, 1.165) is 0 Å². The fourth-order valence-corrected chi connectivity index (χ4v) is 0. The normalized spacial score (nSPS) is 1.78. The Hall–Kier alpha value is 1.48. The monoisotopic (exact) mass is 306 g/mol. The van der Waals surface area contributed by atoms with Crippen LogP contribution in [0.4, 0.5) is 0 Å². The van der Waals surface area contributed by atoms with Gasteiger partial charge in [0.05, 0.1) is 0 Å². The Labute approximate surface area is 106 Å². The van der Waals surface area contributed by atoms with Crippen LogP contribution in [0.1, 0.15) is 0 Å². The van der Waals surface area contributed by atoms with Crippen LogP contribution in [-0.4, -0.2) is 73.6 Å². The van der Waals surface area contributed by atoms with Crippen molar-refractivity contribution in [3.8, 4) is 0 Å². The Balaban J connectivity index is -0.00000000889. The minimum atomic E-state index is -0.250. The Kier molecular flexibility index (Phi) is 196. The summed E-state index contributed by atoms with van der Waals surface area (Å²) in [6, 6.07) is 0. The zero-order valence-electron chi connectivity index (χ0n) is 4.69. The van der Waals surface area contributed by atoms with Crippen molar-refractivity contribution in [1.29, 1.82) is 0 Å². The van der Waals surface area contributed by atoms with Crippen molar-refractivity contribution in [2.24, 2.45) is 0 Å². The van der Waals surface area contributed by atoms with E-state index in [1.54, 1.807) is 0 Å². The molecule has 0 radical (unpaired) electrons. The predicted molar refractivity (Wildman–Crippen MR) is 23.8 cm³/mol. The third-order valence-electron chi connectivity index (χ3n) is 0. The second-order valence-electron chi connectivity index (χ2n) is 0.211. The van der Waals surface area contributed by atoms with E-state index in [2.05, 4.69) is 0 Å². The van der Waals surface area contributed by atoms with E-state index in [1.807, 2.05) is 0 Å². The van der Waals surface area contributed by atoms with Crippen LogP contribution in [0.5, 0.6) is 0 Å². The van der Waals surface area contributed by atoms with Gasteiger partial charge in [-0.1, -0.05) is 0 Å². The molecule has 0 amide bonds. The van der Waals surface area contributed by atoms with Crippen molar-refractivity contribution >= 4 is 63.6 Å². The summed E-state index contributed by atoms with van der Waals surface area (Å²) < 4.78 is 16.7. The van der Waals surface area contributed by atoms with E-state index in [4.69, 9.17) is 19.5 Å². The summed E-state index contributed by atoms with van der Waals surface area (Å²) in [5.74, 6) is 0. The van der Waals surface area contributed by atoms with Gasteiger partial charge in [-0.15, -0.1) is 0 Å². The van der Waals surface area contributed by atoms with E-state index in [1.165, 1.54) is 0 Å². The van der Waals surface area contributed by atoms with E-state index >= 15 is 0 Å². The summed E-state index contributed by atoms with van der Waals surface area (Å²) >= 11 is 0. The molecule has 9 heavy (non-hydrogen) atoms. The van der Waals surface area contributed by atoms with E-state index in [0.29, 0.717) is 0 Å². The molecule has 0 fully saturated rings. The van der Waals surface area contributed by atoms with Gasteiger partial charge in [0, 0.05) is 0 Å². The van der Waals surface area contributed by atoms with Gasteiger partial charge in [-0.3, -0.25) is 0 Å². The molecule has 0 aliphatic rings. The largest absolute Gasteiger partial charge is 2.00 e. The van der Waals surface area contributed by atoms with Crippen LogP contribution in [0.25, 0.3) is 0 Å². The molecule has 9 heteroatoms. The van der Waals surface area contributed by atoms with Crippen LogP contribution in [0.3, 0.4) is 0 Å². The zero-order valence-corrected chi connectivity index (χ0v) is 12.1. The summed E-state index contributed by atoms with van der Waals surface area (Å²) in [6.07, 6.45) is 0. The SMILES string of the molecule is O=BO.O=BO.[Ba+2].[O-2].[Zn+2]. The molecule has 0 aliphatic carbocycles. The van der Waals surface area contributed by atoms with Crippen molar-refractivity contribution in [3.63, 3.8) is 0 Å². The summed E-state index contributed by atoms with van der Waals surface area (Å²) in [7, 11) is -0.500. The summed E-state index contributed by atoms with van der Waals surface area (Å²) in [4.78, 5) is 0. The van der Waals surface area contributed by atoms with Crippen molar-refractivity contribution in [2.45, 2.75) is 0 Å². The van der Waals surface area contributed by atoms with E-state index in [9.17, 15) is 0 Å². The Morgan fingerprint density at radius 3 is 1.00 bits per heavy atom. The molecule has 2 N–H and O–H groups in total. The van der Waals surface area contributed by atoms with E-state index < -0.39 is 0 Å². The van der Waals surface area contributed by atoms with Crippen molar-refractivity contribution in [2.75, 3.05) is 0 Å². The molecule has 0 aromatic carbocycles. The first-order chi connectivity index (χ1) is 2.83. The quantitative estimate of drug-likeness (QED) is 0.478. The van der Waals surface area contributed by atoms with Crippen LogP contribution in [0, 0.1) is 0 Å². The van der Waals surface area contributed by atoms with Gasteiger partial charge in [-0.25, -0.2) is 0 Å². The fraction of sp³-hybridized carbons (Fsp3) is 0. The topological polar surface area (TPSA) is 103 Å². The third-order valence-corrected chi connectivity index (χ3v) is 0. The molecule has 40 valence electrons. The van der Waals surface area contributed by atoms with Gasteiger partial charge < -0.3 is 5.48 Å². The smallest absolute Gasteiger partial charge is 2.00 e. The van der Waals surface area contributed by atoms with Crippen LogP contribution in [0.2, 0.25) is 0 Å². The minimum Gasteiger partial charge on any atom is -2.00 e. The second kappa shape index (κ2) is 56.2. The van der Waals surface area contributed by atoms with Gasteiger partial charge in [0.1, 0.15) is 0 Å². The molecule has 5 nitrogen and oxygen atoms in total. The van der Waals surface area contributed by atoms with Gasteiger partial charge in [0.15, 0.2) is 0 Å². The molecule has 0 saturated carbocycles. The summed E-state index contributed by atoms with van der Waals surface area (Å²) in [5, 5.41) is 13.8. The summed E-state index contributed by atoms with van der Waals surface area (Å²) in [5.41, 5.74) is 0. The molecule has 0 aromatic rings. The van der Waals surface area contributed by atoms with Crippen LogP contribution >= 0.6 is 0 Å². The molecule has 0 rings (SSSR count). The zero-order chi connectivity index (χ0) is 5.41. The molecular formula is H2B2BaO5Zn+2. The molecule has 0 spiro atoms. The molecular weight excluding hydrogens is 304 g/mol. The van der Waals surface area contributed by atoms with Crippen molar-refractivity contribution in [1.82, 2.24) is 0 Å². The van der Waals surface area contributed by atoms with Gasteiger partial charge >= 0.3 is 103 Å². The van der Waals surface area contributed by atoms with Crippen molar-refractivity contribution < 1.29 is 44.4 Å². The Morgan fingerprint density at radius 1 is 1.00 bits per heavy atom. The average Bonchev–Trinajstić information content (AvgIpc) is 1.39. The third kappa shape index (κ3) is 241. The second-order valence-corrected chi connectivity index (χ2v) is 0.211. The molecule has 0 heterocycles. The summed E-state index contributed by atoms with van der Waals surface area (Å²) in [6.45, 7) is 0. The number of rotatable bonds is 0. The molecule has 0 unspecified atom stereocenters. The van der Waals surface area contributed by atoms with Gasteiger partial charge in [-0.2, -0.15) is 0 Å². The van der Waals surface area contributed by atoms with Crippen LogP contribution in [-0.2, 0) is 34.4 Å². The standard InChI is InChI=1S/2BHO2.Ba.O.Zn/c2*2-1-3;;;/h2*2H;;;/q;;+2;-2;+2. The molecule has 0 atom stereocenters. The van der Waals surface area contributed by atoms with Crippen LogP contribution in [0.15, 0.2) is 0 Å². The maximum absolute atomic E-state index is 8.36. The maximum atomic E-state index is 8.36. The number of hydrogen-bond donors (Lipinski definition) is 2. The maximum Gasteiger partial charge on any atom is 2.00 e. The van der Waals surface area contributed by atoms with E-state index in [-0.39, 0.29) is 88.5 Å². The predicted octanol–water partition coefficient (Wildman–Crippen LogP) is -2.62. The average molecular weight is 306 g/mol. The minimum absolute atomic E-state index is 0. The van der Waals surface area contributed by atoms with Crippen molar-refractivity contribution in [3.05, 3.63) is 0 Å². The van der Waals surface area contributed by atoms with Gasteiger partial charge in [0.25, 0.3) is 0 Å². The first-order valence-electron chi connectivity index (χ1n) is 0.988. The molecule has 0 aromatic heterocycles.